The first kappa shape index (κ1) is 23.9. The average Bonchev–Trinajstić information content (AvgIpc) is 3.58. The van der Waals surface area contributed by atoms with Gasteiger partial charge in [0.1, 0.15) is 29.8 Å². The molecule has 190 valence electrons. The van der Waals surface area contributed by atoms with Crippen molar-refractivity contribution in [1.82, 2.24) is 14.5 Å². The highest BCUT2D eigenvalue weighted by Crippen LogP contribution is 2.54. The lowest BCUT2D eigenvalue weighted by molar-refractivity contribution is -0.221. The molecular weight excluding hydrogens is 502 g/mol. The monoisotopic (exact) mass is 529 g/mol. The summed E-state index contributed by atoms with van der Waals surface area (Å²) in [5.41, 5.74) is 1.64. The molecule has 9 nitrogen and oxygen atoms in total. The molecule has 0 radical (unpaired) electrons. The number of rotatable bonds is 4. The van der Waals surface area contributed by atoms with E-state index in [0.717, 1.165) is 22.3 Å². The average molecular weight is 530 g/mol. The smallest absolute Gasteiger partial charge is 0.231 e. The summed E-state index contributed by atoms with van der Waals surface area (Å²) in [5.74, 6) is 0.516. The van der Waals surface area contributed by atoms with Crippen LogP contribution in [0, 0.1) is 6.92 Å². The number of ether oxygens (including phenoxy) is 6. The van der Waals surface area contributed by atoms with Crippen molar-refractivity contribution in [2.75, 3.05) is 13.0 Å². The molecular formula is C25H27N3O6S2. The second-order valence-corrected chi connectivity index (χ2v) is 11.1. The van der Waals surface area contributed by atoms with Gasteiger partial charge in [-0.2, -0.15) is 0 Å². The molecule has 0 saturated carbocycles. The minimum atomic E-state index is -0.859. The lowest BCUT2D eigenvalue weighted by Crippen LogP contribution is -2.47. The molecule has 0 aliphatic carbocycles. The van der Waals surface area contributed by atoms with Gasteiger partial charge in [0.05, 0.1) is 5.69 Å². The van der Waals surface area contributed by atoms with Crippen LogP contribution in [0.1, 0.15) is 44.4 Å². The highest BCUT2D eigenvalue weighted by molar-refractivity contribution is 8.22. The molecule has 3 aromatic rings. The fourth-order valence-electron chi connectivity index (χ4n) is 5.39. The van der Waals surface area contributed by atoms with Gasteiger partial charge in [0.2, 0.25) is 11.2 Å². The van der Waals surface area contributed by atoms with Gasteiger partial charge in [0.15, 0.2) is 29.6 Å². The highest BCUT2D eigenvalue weighted by Gasteiger charge is 2.66. The highest BCUT2D eigenvalue weighted by atomic mass is 32.2. The maximum absolute atomic E-state index is 6.79. The van der Waals surface area contributed by atoms with Crippen molar-refractivity contribution >= 4 is 39.4 Å². The third-order valence-electron chi connectivity index (χ3n) is 6.92. The quantitative estimate of drug-likeness (QED) is 0.444. The molecule has 5 heterocycles. The van der Waals surface area contributed by atoms with Gasteiger partial charge in [-0.3, -0.25) is 0 Å². The topological polar surface area (TPSA) is 86.1 Å². The molecule has 6 rings (SSSR count). The van der Waals surface area contributed by atoms with E-state index in [1.54, 1.807) is 6.33 Å². The van der Waals surface area contributed by atoms with Gasteiger partial charge in [-0.05, 0) is 69.9 Å². The normalized spacial score (nSPS) is 28.9. The number of hydrogen-bond acceptors (Lipinski definition) is 10. The van der Waals surface area contributed by atoms with Crippen LogP contribution < -0.4 is 9.47 Å². The zero-order valence-corrected chi connectivity index (χ0v) is 22.2. The standard InChI is InChI=1S/C25H27N3O6S2/c1-13-15-8-9-28(21(15)27-11-26-13)22-20-25(4,34-24(2,3)33-20)19(32-22)18(31-23(35)36-5)14-6-7-16-17(10-14)30-12-29-16/h6-11,18-20,22H,12H2,1-5H3/t18-,19-,20+,22-,25-/m1/s1. The van der Waals surface area contributed by atoms with Gasteiger partial charge >= 0.3 is 0 Å². The van der Waals surface area contributed by atoms with Crippen LogP contribution in [0.15, 0.2) is 36.8 Å². The molecule has 2 fully saturated rings. The predicted octanol–water partition coefficient (Wildman–Crippen LogP) is 4.68. The van der Waals surface area contributed by atoms with Crippen LogP contribution in [-0.2, 0) is 18.9 Å². The first-order valence-electron chi connectivity index (χ1n) is 11.7. The number of aromatic nitrogens is 3. The zero-order valence-electron chi connectivity index (χ0n) is 20.6. The van der Waals surface area contributed by atoms with Gasteiger partial charge in [-0.15, -0.1) is 0 Å². The van der Waals surface area contributed by atoms with Crippen molar-refractivity contribution < 1.29 is 28.4 Å². The summed E-state index contributed by atoms with van der Waals surface area (Å²) in [4.78, 5) is 8.86. The third-order valence-corrected chi connectivity index (χ3v) is 7.95. The fraction of sp³-hybridized carbons (Fsp3) is 0.480. The molecule has 2 saturated heterocycles. The summed E-state index contributed by atoms with van der Waals surface area (Å²) in [7, 11) is 0. The summed E-state index contributed by atoms with van der Waals surface area (Å²) in [6.45, 7) is 7.97. The van der Waals surface area contributed by atoms with Crippen LogP contribution in [-0.4, -0.2) is 55.6 Å². The van der Waals surface area contributed by atoms with Crippen molar-refractivity contribution in [3.8, 4) is 11.5 Å². The van der Waals surface area contributed by atoms with Gasteiger partial charge in [-0.1, -0.05) is 17.8 Å². The molecule has 36 heavy (non-hydrogen) atoms. The molecule has 3 aliphatic heterocycles. The number of benzene rings is 1. The van der Waals surface area contributed by atoms with E-state index in [9.17, 15) is 0 Å². The lowest BCUT2D eigenvalue weighted by atomic mass is 9.88. The van der Waals surface area contributed by atoms with Gasteiger partial charge in [0, 0.05) is 11.6 Å². The van der Waals surface area contributed by atoms with Crippen LogP contribution in [0.2, 0.25) is 0 Å². The zero-order chi connectivity index (χ0) is 25.2. The molecule has 1 aromatic carbocycles. The second-order valence-electron chi connectivity index (χ2n) is 9.70. The Morgan fingerprint density at radius 3 is 2.81 bits per heavy atom. The Bertz CT molecular complexity index is 1350. The van der Waals surface area contributed by atoms with Crippen LogP contribution >= 0.6 is 24.0 Å². The Morgan fingerprint density at radius 2 is 2.00 bits per heavy atom. The summed E-state index contributed by atoms with van der Waals surface area (Å²) < 4.78 is 39.7. The van der Waals surface area contributed by atoms with E-state index in [-0.39, 0.29) is 6.79 Å². The molecule has 2 aromatic heterocycles. The number of thiocarbonyl (C=S) groups is 1. The van der Waals surface area contributed by atoms with E-state index in [4.69, 9.17) is 40.6 Å². The minimum Gasteiger partial charge on any atom is -0.467 e. The van der Waals surface area contributed by atoms with Gasteiger partial charge < -0.3 is 33.0 Å². The SMILES string of the molecule is CSC(=S)O[C@H](c1ccc2c(c1)OCO2)[C@H]1O[C@@H](n2ccc3c(C)ncnc32)[C@@H]2OC(C)(C)O[C@]12C. The number of fused-ring (bicyclic) bond motifs is 3. The summed E-state index contributed by atoms with van der Waals surface area (Å²) in [6, 6.07) is 7.72. The number of hydrogen-bond donors (Lipinski definition) is 0. The van der Waals surface area contributed by atoms with E-state index in [1.807, 2.05) is 69.0 Å². The Kier molecular flexibility index (Phi) is 5.69. The van der Waals surface area contributed by atoms with Gasteiger partial charge in [0.25, 0.3) is 0 Å². The predicted molar refractivity (Wildman–Crippen MR) is 137 cm³/mol. The van der Waals surface area contributed by atoms with Crippen molar-refractivity contribution in [3.05, 3.63) is 48.0 Å². The van der Waals surface area contributed by atoms with E-state index < -0.39 is 35.9 Å². The van der Waals surface area contributed by atoms with Crippen molar-refractivity contribution in [3.63, 3.8) is 0 Å². The summed E-state index contributed by atoms with van der Waals surface area (Å²) >= 11 is 6.85. The molecule has 0 amide bonds. The third kappa shape index (κ3) is 3.76. The van der Waals surface area contributed by atoms with Crippen molar-refractivity contribution in [2.45, 2.75) is 63.6 Å². The Labute approximate surface area is 218 Å². The van der Waals surface area contributed by atoms with Gasteiger partial charge in [-0.25, -0.2) is 9.97 Å². The van der Waals surface area contributed by atoms with Crippen LogP contribution in [0.5, 0.6) is 11.5 Å². The number of thioether (sulfide) groups is 1. The Morgan fingerprint density at radius 1 is 1.19 bits per heavy atom. The lowest BCUT2D eigenvalue weighted by Gasteiger charge is -2.34. The molecule has 11 heteroatoms. The van der Waals surface area contributed by atoms with Crippen molar-refractivity contribution in [2.24, 2.45) is 0 Å². The number of aryl methyl sites for hydroxylation is 1. The molecule has 0 spiro atoms. The first-order valence-corrected chi connectivity index (χ1v) is 13.3. The fourth-order valence-corrected chi connectivity index (χ4v) is 5.69. The minimum absolute atomic E-state index is 0.183. The van der Waals surface area contributed by atoms with Crippen LogP contribution in [0.4, 0.5) is 0 Å². The first-order chi connectivity index (χ1) is 17.2. The Hall–Kier alpha value is -2.44. The maximum Gasteiger partial charge on any atom is 0.231 e. The largest absolute Gasteiger partial charge is 0.467 e. The summed E-state index contributed by atoms with van der Waals surface area (Å²) in [5, 5.41) is 0.955. The maximum atomic E-state index is 6.79. The van der Waals surface area contributed by atoms with Crippen LogP contribution in [0.3, 0.4) is 0 Å². The van der Waals surface area contributed by atoms with Crippen molar-refractivity contribution in [1.29, 1.82) is 0 Å². The molecule has 0 unspecified atom stereocenters. The molecule has 0 bridgehead atoms. The number of nitrogens with zero attached hydrogens (tertiary/aromatic N) is 3. The van der Waals surface area contributed by atoms with E-state index in [1.165, 1.54) is 11.8 Å². The van der Waals surface area contributed by atoms with E-state index >= 15 is 0 Å². The molecule has 0 N–H and O–H groups in total. The second kappa shape index (κ2) is 8.56. The molecule has 5 atom stereocenters. The van der Waals surface area contributed by atoms with Crippen LogP contribution in [0.25, 0.3) is 11.0 Å². The summed E-state index contributed by atoms with van der Waals surface area (Å²) in [6.07, 6.45) is 3.28. The molecule has 3 aliphatic rings. The van der Waals surface area contributed by atoms with E-state index in [2.05, 4.69) is 9.97 Å². The Balaban J connectivity index is 1.46. The van der Waals surface area contributed by atoms with E-state index in [0.29, 0.717) is 15.9 Å².